The fourth-order valence-electron chi connectivity index (χ4n) is 4.08. The van der Waals surface area contributed by atoms with Gasteiger partial charge < -0.3 is 9.88 Å². The molecule has 1 N–H and O–H groups in total. The van der Waals surface area contributed by atoms with Crippen molar-refractivity contribution >= 4 is 5.69 Å². The molecule has 6 heteroatoms. The van der Waals surface area contributed by atoms with Crippen LogP contribution in [0.5, 0.6) is 0 Å². The molecule has 0 radical (unpaired) electrons. The molecule has 2 aromatic carbocycles. The topological polar surface area (TPSA) is 86.9 Å². The van der Waals surface area contributed by atoms with Crippen molar-refractivity contribution in [3.8, 4) is 23.3 Å². The largest absolute Gasteiger partial charge is 0.368 e. The van der Waals surface area contributed by atoms with E-state index in [0.717, 1.165) is 38.4 Å². The number of H-pyrrole nitrogens is 1. The number of aromatic amines is 1. The minimum atomic E-state index is -0.408. The van der Waals surface area contributed by atoms with Gasteiger partial charge in [-0.3, -0.25) is 9.69 Å². The first kappa shape index (κ1) is 20.4. The Labute approximate surface area is 181 Å². The van der Waals surface area contributed by atoms with Crippen LogP contribution >= 0.6 is 0 Å². The van der Waals surface area contributed by atoms with Crippen LogP contribution in [0.3, 0.4) is 0 Å². The highest BCUT2D eigenvalue weighted by Crippen LogP contribution is 2.29. The van der Waals surface area contributed by atoms with Crippen LogP contribution in [-0.4, -0.2) is 36.1 Å². The highest BCUT2D eigenvalue weighted by molar-refractivity contribution is 5.75. The van der Waals surface area contributed by atoms with Crippen LogP contribution in [0.25, 0.3) is 11.1 Å². The van der Waals surface area contributed by atoms with E-state index >= 15 is 0 Å². The number of hydrogen-bond donors (Lipinski definition) is 1. The molecule has 31 heavy (non-hydrogen) atoms. The fraction of sp³-hybridized carbons (Fsp3) is 0.240. The Morgan fingerprint density at radius 1 is 0.968 bits per heavy atom. The van der Waals surface area contributed by atoms with Crippen molar-refractivity contribution in [3.05, 3.63) is 87.3 Å². The zero-order valence-electron chi connectivity index (χ0n) is 17.4. The number of anilines is 1. The number of hydrogen-bond acceptors (Lipinski definition) is 5. The van der Waals surface area contributed by atoms with E-state index in [9.17, 15) is 15.3 Å². The van der Waals surface area contributed by atoms with Crippen molar-refractivity contribution in [1.29, 1.82) is 10.5 Å². The summed E-state index contributed by atoms with van der Waals surface area (Å²) in [6, 6.07) is 22.1. The summed E-state index contributed by atoms with van der Waals surface area (Å²) < 4.78 is 0. The van der Waals surface area contributed by atoms with Gasteiger partial charge in [-0.15, -0.1) is 0 Å². The van der Waals surface area contributed by atoms with Crippen LogP contribution in [0, 0.1) is 29.6 Å². The number of pyridine rings is 1. The minimum Gasteiger partial charge on any atom is -0.368 e. The minimum absolute atomic E-state index is 0.0665. The number of rotatable bonds is 4. The Morgan fingerprint density at radius 2 is 1.71 bits per heavy atom. The molecule has 4 rings (SSSR count). The van der Waals surface area contributed by atoms with E-state index < -0.39 is 5.56 Å². The molecule has 0 unspecified atom stereocenters. The van der Waals surface area contributed by atoms with Crippen molar-refractivity contribution in [2.45, 2.75) is 13.5 Å². The highest BCUT2D eigenvalue weighted by Gasteiger charge is 2.20. The second-order valence-electron chi connectivity index (χ2n) is 7.77. The predicted octanol–water partition coefficient (Wildman–Crippen LogP) is 3.42. The fourth-order valence-corrected chi connectivity index (χ4v) is 4.08. The number of nitrogens with one attached hydrogen (secondary N) is 1. The van der Waals surface area contributed by atoms with Crippen molar-refractivity contribution in [1.82, 2.24) is 9.88 Å². The lowest BCUT2D eigenvalue weighted by Gasteiger charge is -2.36. The van der Waals surface area contributed by atoms with Crippen molar-refractivity contribution in [2.24, 2.45) is 0 Å². The van der Waals surface area contributed by atoms with Gasteiger partial charge in [0.15, 0.2) is 0 Å². The Kier molecular flexibility index (Phi) is 5.84. The number of nitrogens with zero attached hydrogens (tertiary/aromatic N) is 4. The lowest BCUT2D eigenvalue weighted by molar-refractivity contribution is 0.250. The molecule has 1 saturated heterocycles. The maximum Gasteiger partial charge on any atom is 0.266 e. The maximum atomic E-state index is 12.1. The monoisotopic (exact) mass is 409 g/mol. The molecule has 154 valence electrons. The second kappa shape index (κ2) is 8.87. The van der Waals surface area contributed by atoms with Gasteiger partial charge in [-0.1, -0.05) is 36.4 Å². The second-order valence-corrected chi connectivity index (χ2v) is 7.77. The van der Waals surface area contributed by atoms with E-state index in [4.69, 9.17) is 0 Å². The van der Waals surface area contributed by atoms with Gasteiger partial charge in [-0.05, 0) is 36.2 Å². The number of piperazine rings is 1. The summed E-state index contributed by atoms with van der Waals surface area (Å²) in [5, 5.41) is 19.2. The Bertz CT molecular complexity index is 1230. The summed E-state index contributed by atoms with van der Waals surface area (Å²) in [6.07, 6.45) is 0. The lowest BCUT2D eigenvalue weighted by atomic mass is 9.98. The lowest BCUT2D eigenvalue weighted by Crippen LogP contribution is -2.46. The van der Waals surface area contributed by atoms with Gasteiger partial charge in [-0.25, -0.2) is 0 Å². The first-order chi connectivity index (χ1) is 15.1. The normalized spacial score (nSPS) is 14.1. The molecule has 0 saturated carbocycles. The van der Waals surface area contributed by atoms with E-state index in [1.54, 1.807) is 19.1 Å². The van der Waals surface area contributed by atoms with Gasteiger partial charge in [0, 0.05) is 44.0 Å². The van der Waals surface area contributed by atoms with Crippen LogP contribution in [0.2, 0.25) is 0 Å². The van der Waals surface area contributed by atoms with E-state index in [2.05, 4.69) is 45.1 Å². The summed E-state index contributed by atoms with van der Waals surface area (Å²) in [5.41, 5.74) is 4.34. The van der Waals surface area contributed by atoms with Gasteiger partial charge >= 0.3 is 0 Å². The zero-order valence-corrected chi connectivity index (χ0v) is 17.4. The number of nitriles is 2. The average molecular weight is 409 g/mol. The van der Waals surface area contributed by atoms with Crippen molar-refractivity contribution in [3.63, 3.8) is 0 Å². The van der Waals surface area contributed by atoms with Crippen molar-refractivity contribution < 1.29 is 0 Å². The van der Waals surface area contributed by atoms with E-state index in [-0.39, 0.29) is 5.56 Å². The average Bonchev–Trinajstić information content (AvgIpc) is 2.79. The molecule has 1 aromatic heterocycles. The molecule has 0 bridgehead atoms. The molecule has 0 atom stereocenters. The number of benzene rings is 2. The zero-order chi connectivity index (χ0) is 21.8. The van der Waals surface area contributed by atoms with Crippen LogP contribution in [0.1, 0.15) is 22.4 Å². The number of aromatic nitrogens is 1. The summed E-state index contributed by atoms with van der Waals surface area (Å²) >= 11 is 0. The maximum absolute atomic E-state index is 12.1. The van der Waals surface area contributed by atoms with Crippen LogP contribution < -0.4 is 10.5 Å². The molecule has 1 aliphatic rings. The van der Waals surface area contributed by atoms with Gasteiger partial charge in [0.05, 0.1) is 11.3 Å². The van der Waals surface area contributed by atoms with Crippen LogP contribution in [-0.2, 0) is 6.54 Å². The smallest absolute Gasteiger partial charge is 0.266 e. The SMILES string of the molecule is Cc1cc(-c2ccc(N3CCN(Cc4ccccc4)CC3)c(C#N)c2)c(C#N)c(=O)[nH]1. The third-order valence-electron chi connectivity index (χ3n) is 5.67. The first-order valence-corrected chi connectivity index (χ1v) is 10.3. The van der Waals surface area contributed by atoms with Crippen LogP contribution in [0.15, 0.2) is 59.4 Å². The Balaban J connectivity index is 1.55. The van der Waals surface area contributed by atoms with Gasteiger partial charge in [0.1, 0.15) is 17.7 Å². The van der Waals surface area contributed by atoms with Gasteiger partial charge in [-0.2, -0.15) is 10.5 Å². The molecule has 1 fully saturated rings. The highest BCUT2D eigenvalue weighted by atomic mass is 16.1. The quantitative estimate of drug-likeness (QED) is 0.714. The molecule has 0 spiro atoms. The van der Waals surface area contributed by atoms with Crippen LogP contribution in [0.4, 0.5) is 5.69 Å². The molecule has 0 aliphatic carbocycles. The Morgan fingerprint density at radius 3 is 2.39 bits per heavy atom. The summed E-state index contributed by atoms with van der Waals surface area (Å²) in [7, 11) is 0. The summed E-state index contributed by atoms with van der Waals surface area (Å²) in [5.74, 6) is 0. The third kappa shape index (κ3) is 4.35. The van der Waals surface area contributed by atoms with E-state index in [1.807, 2.05) is 24.3 Å². The standard InChI is InChI=1S/C25H23N5O/c1-18-13-22(23(16-27)25(31)28-18)20-7-8-24(21(14-20)15-26)30-11-9-29(10-12-30)17-19-5-3-2-4-6-19/h2-8,13-14H,9-12,17H2,1H3,(H,28,31). The van der Waals surface area contributed by atoms with E-state index in [0.29, 0.717) is 22.4 Å². The van der Waals surface area contributed by atoms with Gasteiger partial charge in [0.25, 0.3) is 5.56 Å². The molecule has 3 aromatic rings. The van der Waals surface area contributed by atoms with Crippen molar-refractivity contribution in [2.75, 3.05) is 31.1 Å². The predicted molar refractivity (Wildman–Crippen MR) is 121 cm³/mol. The first-order valence-electron chi connectivity index (χ1n) is 10.3. The molecule has 1 aliphatic heterocycles. The molecular weight excluding hydrogens is 386 g/mol. The number of aryl methyl sites for hydroxylation is 1. The van der Waals surface area contributed by atoms with E-state index in [1.165, 1.54) is 5.56 Å². The molecule has 0 amide bonds. The summed E-state index contributed by atoms with van der Waals surface area (Å²) in [6.45, 7) is 6.24. The van der Waals surface area contributed by atoms with Gasteiger partial charge in [0.2, 0.25) is 0 Å². The third-order valence-corrected chi connectivity index (χ3v) is 5.67. The summed E-state index contributed by atoms with van der Waals surface area (Å²) in [4.78, 5) is 19.5. The molecular formula is C25H23N5O. The molecule has 2 heterocycles. The molecule has 6 nitrogen and oxygen atoms in total. The Hall–Kier alpha value is -3.87.